The fourth-order valence-corrected chi connectivity index (χ4v) is 3.53. The minimum atomic E-state index is 0.967. The fraction of sp³-hybridized carbons (Fsp3) is 0.300. The van der Waals surface area contributed by atoms with Crippen LogP contribution in [0.2, 0.25) is 0 Å². The molecule has 2 aromatic heterocycles. The third-order valence-electron chi connectivity index (χ3n) is 4.66. The zero-order chi connectivity index (χ0) is 16.8. The third-order valence-corrected chi connectivity index (χ3v) is 4.66. The Morgan fingerprint density at radius 3 is 2.29 bits per heavy atom. The Balaban J connectivity index is 1.68. The van der Waals surface area contributed by atoms with E-state index >= 15 is 0 Å². The summed E-state index contributed by atoms with van der Waals surface area (Å²) in [6, 6.07) is 8.84. The second kappa shape index (κ2) is 5.48. The highest BCUT2D eigenvalue weighted by atomic mass is 14.9. The molecule has 4 aromatic rings. The average molecular weight is 318 g/mol. The molecule has 0 aliphatic rings. The van der Waals surface area contributed by atoms with E-state index in [9.17, 15) is 0 Å². The molecule has 0 aliphatic carbocycles. The molecule has 24 heavy (non-hydrogen) atoms. The highest BCUT2D eigenvalue weighted by Crippen LogP contribution is 2.23. The molecule has 122 valence electrons. The Hall–Kier alpha value is -2.62. The number of aryl methyl sites for hydroxylation is 6. The molecule has 0 fully saturated rings. The number of H-pyrrole nitrogens is 2. The first-order chi connectivity index (χ1) is 11.5. The van der Waals surface area contributed by atoms with Crippen molar-refractivity contribution in [3.05, 3.63) is 58.2 Å². The summed E-state index contributed by atoms with van der Waals surface area (Å²) in [5.41, 5.74) is 9.69. The first-order valence-electron chi connectivity index (χ1n) is 8.41. The van der Waals surface area contributed by atoms with Gasteiger partial charge in [0.05, 0.1) is 22.1 Å². The number of aromatic nitrogens is 4. The number of rotatable bonds is 3. The molecule has 0 bridgehead atoms. The van der Waals surface area contributed by atoms with Crippen LogP contribution in [-0.2, 0) is 12.8 Å². The van der Waals surface area contributed by atoms with Crippen LogP contribution in [0.15, 0.2) is 24.3 Å². The van der Waals surface area contributed by atoms with Gasteiger partial charge in [-0.25, -0.2) is 9.97 Å². The van der Waals surface area contributed by atoms with Gasteiger partial charge in [0.15, 0.2) is 0 Å². The number of imidazole rings is 2. The SMILES string of the molecule is Cc1cc(CCc2cc3nc(C)[nH]c3cc2C)c2[nH]c(C)nc2c1. The van der Waals surface area contributed by atoms with Crippen LogP contribution in [0.1, 0.15) is 33.9 Å². The predicted octanol–water partition coefficient (Wildman–Crippen LogP) is 4.46. The van der Waals surface area contributed by atoms with Gasteiger partial charge in [-0.1, -0.05) is 6.07 Å². The van der Waals surface area contributed by atoms with E-state index in [2.05, 4.69) is 58.0 Å². The summed E-state index contributed by atoms with van der Waals surface area (Å²) >= 11 is 0. The van der Waals surface area contributed by atoms with Gasteiger partial charge in [0.1, 0.15) is 11.6 Å². The van der Waals surface area contributed by atoms with Crippen molar-refractivity contribution >= 4 is 22.1 Å². The number of nitrogens with one attached hydrogen (secondary N) is 2. The van der Waals surface area contributed by atoms with E-state index in [1.165, 1.54) is 27.8 Å². The lowest BCUT2D eigenvalue weighted by Crippen LogP contribution is -1.96. The normalized spacial score (nSPS) is 11.7. The van der Waals surface area contributed by atoms with Crippen molar-refractivity contribution in [1.29, 1.82) is 0 Å². The number of hydrogen-bond donors (Lipinski definition) is 2. The molecule has 2 heterocycles. The van der Waals surface area contributed by atoms with E-state index < -0.39 is 0 Å². The molecule has 2 N–H and O–H groups in total. The monoisotopic (exact) mass is 318 g/mol. The van der Waals surface area contributed by atoms with E-state index in [-0.39, 0.29) is 0 Å². The quantitative estimate of drug-likeness (QED) is 0.586. The number of fused-ring (bicyclic) bond motifs is 2. The summed E-state index contributed by atoms with van der Waals surface area (Å²) in [5.74, 6) is 1.94. The Morgan fingerprint density at radius 2 is 1.46 bits per heavy atom. The highest BCUT2D eigenvalue weighted by Gasteiger charge is 2.09. The molecular formula is C20H22N4. The van der Waals surface area contributed by atoms with Gasteiger partial charge in [-0.3, -0.25) is 0 Å². The summed E-state index contributed by atoms with van der Waals surface area (Å²) in [4.78, 5) is 15.9. The Kier molecular flexibility index (Phi) is 3.41. The molecule has 0 unspecified atom stereocenters. The molecule has 4 rings (SSSR count). The van der Waals surface area contributed by atoms with Crippen molar-refractivity contribution in [2.24, 2.45) is 0 Å². The smallest absolute Gasteiger partial charge is 0.104 e. The van der Waals surface area contributed by atoms with Gasteiger partial charge in [-0.05, 0) is 81.0 Å². The van der Waals surface area contributed by atoms with E-state index in [0.717, 1.165) is 41.0 Å². The lowest BCUT2D eigenvalue weighted by molar-refractivity contribution is 0.954. The average Bonchev–Trinajstić information content (AvgIpc) is 3.05. The molecule has 0 aliphatic heterocycles. The molecular weight excluding hydrogens is 296 g/mol. The van der Waals surface area contributed by atoms with Crippen molar-refractivity contribution in [2.45, 2.75) is 40.5 Å². The zero-order valence-corrected chi connectivity index (χ0v) is 14.6. The molecule has 0 amide bonds. The topological polar surface area (TPSA) is 57.4 Å². The molecule has 4 nitrogen and oxygen atoms in total. The Labute approximate surface area is 141 Å². The van der Waals surface area contributed by atoms with Gasteiger partial charge in [-0.15, -0.1) is 0 Å². The summed E-state index contributed by atoms with van der Waals surface area (Å²) < 4.78 is 0. The van der Waals surface area contributed by atoms with Gasteiger partial charge >= 0.3 is 0 Å². The maximum Gasteiger partial charge on any atom is 0.104 e. The highest BCUT2D eigenvalue weighted by molar-refractivity contribution is 5.80. The minimum absolute atomic E-state index is 0.967. The third kappa shape index (κ3) is 2.58. The standard InChI is InChI=1S/C20H22N4/c1-11-7-16(20-19(8-11)23-14(4)24-20)6-5-15-10-18-17(9-12(15)2)21-13(3)22-18/h7-10H,5-6H2,1-4H3,(H,21,22)(H,23,24). The van der Waals surface area contributed by atoms with Crippen molar-refractivity contribution in [3.8, 4) is 0 Å². The summed E-state index contributed by atoms with van der Waals surface area (Å²) in [6.07, 6.45) is 2.00. The molecule has 0 atom stereocenters. The van der Waals surface area contributed by atoms with Crippen LogP contribution in [0.4, 0.5) is 0 Å². The number of benzene rings is 2. The van der Waals surface area contributed by atoms with Gasteiger partial charge in [0, 0.05) is 0 Å². The van der Waals surface area contributed by atoms with Crippen molar-refractivity contribution in [2.75, 3.05) is 0 Å². The molecule has 2 aromatic carbocycles. The van der Waals surface area contributed by atoms with Crippen LogP contribution in [0.3, 0.4) is 0 Å². The molecule has 4 heteroatoms. The van der Waals surface area contributed by atoms with E-state index in [4.69, 9.17) is 0 Å². The van der Waals surface area contributed by atoms with E-state index in [1.807, 2.05) is 13.8 Å². The van der Waals surface area contributed by atoms with Crippen molar-refractivity contribution in [1.82, 2.24) is 19.9 Å². The first kappa shape index (κ1) is 14.9. The zero-order valence-electron chi connectivity index (χ0n) is 14.6. The molecule has 0 saturated heterocycles. The maximum atomic E-state index is 4.58. The maximum absolute atomic E-state index is 4.58. The molecule has 0 saturated carbocycles. The van der Waals surface area contributed by atoms with Gasteiger partial charge < -0.3 is 9.97 Å². The van der Waals surface area contributed by atoms with Crippen LogP contribution < -0.4 is 0 Å². The second-order valence-corrected chi connectivity index (χ2v) is 6.76. The minimum Gasteiger partial charge on any atom is -0.342 e. The Bertz CT molecular complexity index is 1050. The largest absolute Gasteiger partial charge is 0.342 e. The lowest BCUT2D eigenvalue weighted by atomic mass is 9.98. The molecule has 0 radical (unpaired) electrons. The van der Waals surface area contributed by atoms with Crippen LogP contribution in [0, 0.1) is 27.7 Å². The van der Waals surface area contributed by atoms with Crippen molar-refractivity contribution in [3.63, 3.8) is 0 Å². The van der Waals surface area contributed by atoms with Crippen molar-refractivity contribution < 1.29 is 0 Å². The van der Waals surface area contributed by atoms with Crippen LogP contribution in [0.5, 0.6) is 0 Å². The lowest BCUT2D eigenvalue weighted by Gasteiger charge is -2.08. The van der Waals surface area contributed by atoms with Crippen LogP contribution in [-0.4, -0.2) is 19.9 Å². The summed E-state index contributed by atoms with van der Waals surface area (Å²) in [7, 11) is 0. The number of hydrogen-bond acceptors (Lipinski definition) is 2. The second-order valence-electron chi connectivity index (χ2n) is 6.76. The summed E-state index contributed by atoms with van der Waals surface area (Å²) in [5, 5.41) is 0. The van der Waals surface area contributed by atoms with Gasteiger partial charge in [0.2, 0.25) is 0 Å². The predicted molar refractivity (Wildman–Crippen MR) is 98.5 cm³/mol. The summed E-state index contributed by atoms with van der Waals surface area (Å²) in [6.45, 7) is 8.32. The van der Waals surface area contributed by atoms with E-state index in [1.54, 1.807) is 0 Å². The number of nitrogens with zero attached hydrogens (tertiary/aromatic N) is 2. The van der Waals surface area contributed by atoms with Crippen LogP contribution in [0.25, 0.3) is 22.1 Å². The first-order valence-corrected chi connectivity index (χ1v) is 8.41. The molecule has 0 spiro atoms. The fourth-order valence-electron chi connectivity index (χ4n) is 3.53. The van der Waals surface area contributed by atoms with E-state index in [0.29, 0.717) is 0 Å². The number of aromatic amines is 2. The van der Waals surface area contributed by atoms with Gasteiger partial charge in [-0.2, -0.15) is 0 Å². The van der Waals surface area contributed by atoms with Crippen LogP contribution >= 0.6 is 0 Å². The van der Waals surface area contributed by atoms with Gasteiger partial charge in [0.25, 0.3) is 0 Å². The Morgan fingerprint density at radius 1 is 0.750 bits per heavy atom.